The Morgan fingerprint density at radius 3 is 3.12 bits per heavy atom. The maximum atomic E-state index is 12.1. The molecule has 2 aromatic rings. The van der Waals surface area contributed by atoms with Gasteiger partial charge in [-0.1, -0.05) is 6.92 Å². The molecule has 3 nitrogen and oxygen atoms in total. The van der Waals surface area contributed by atoms with Gasteiger partial charge in [0, 0.05) is 6.54 Å². The summed E-state index contributed by atoms with van der Waals surface area (Å²) >= 11 is 3.41. The Kier molecular flexibility index (Phi) is 4.23. The molecule has 0 bridgehead atoms. The van der Waals surface area contributed by atoms with Crippen LogP contribution in [0.25, 0.3) is 10.2 Å². The lowest BCUT2D eigenvalue weighted by Crippen LogP contribution is -2.20. The second-order valence-corrected chi connectivity index (χ2v) is 6.16. The van der Waals surface area contributed by atoms with Crippen molar-refractivity contribution in [3.05, 3.63) is 27.6 Å². The molecule has 0 fully saturated rings. The summed E-state index contributed by atoms with van der Waals surface area (Å²) in [4.78, 5) is 16.5. The van der Waals surface area contributed by atoms with Gasteiger partial charge in [0.05, 0.1) is 11.8 Å². The van der Waals surface area contributed by atoms with Crippen LogP contribution in [0.3, 0.4) is 0 Å². The van der Waals surface area contributed by atoms with Crippen molar-refractivity contribution < 1.29 is 0 Å². The molecule has 0 unspecified atom stereocenters. The first-order valence-electron chi connectivity index (χ1n) is 5.75. The molecule has 5 heteroatoms. The van der Waals surface area contributed by atoms with Crippen molar-refractivity contribution >= 4 is 33.3 Å². The van der Waals surface area contributed by atoms with Crippen molar-refractivity contribution in [1.29, 1.82) is 0 Å². The summed E-state index contributed by atoms with van der Waals surface area (Å²) < 4.78 is 2.52. The van der Waals surface area contributed by atoms with Crippen LogP contribution >= 0.6 is 23.1 Å². The minimum atomic E-state index is 0.106. The number of thioether (sulfide) groups is 1. The summed E-state index contributed by atoms with van der Waals surface area (Å²) in [6.45, 7) is 4.91. The van der Waals surface area contributed by atoms with Gasteiger partial charge in [0.2, 0.25) is 0 Å². The molecule has 0 saturated carbocycles. The van der Waals surface area contributed by atoms with Gasteiger partial charge in [-0.2, -0.15) is 11.8 Å². The van der Waals surface area contributed by atoms with E-state index in [1.807, 2.05) is 24.1 Å². The van der Waals surface area contributed by atoms with Crippen molar-refractivity contribution in [1.82, 2.24) is 9.55 Å². The van der Waals surface area contributed by atoms with E-state index in [-0.39, 0.29) is 5.56 Å². The molecule has 0 atom stereocenters. The smallest absolute Gasteiger partial charge is 0.271 e. The predicted octanol–water partition coefficient (Wildman–Crippen LogP) is 2.91. The van der Waals surface area contributed by atoms with E-state index in [9.17, 15) is 4.79 Å². The van der Waals surface area contributed by atoms with Gasteiger partial charge in [-0.15, -0.1) is 11.3 Å². The van der Waals surface area contributed by atoms with Crippen LogP contribution in [0, 0.1) is 6.92 Å². The van der Waals surface area contributed by atoms with E-state index < -0.39 is 0 Å². The zero-order valence-corrected chi connectivity index (χ0v) is 11.7. The molecule has 17 heavy (non-hydrogen) atoms. The van der Waals surface area contributed by atoms with E-state index in [1.165, 1.54) is 11.3 Å². The number of fused-ring (bicyclic) bond motifs is 1. The van der Waals surface area contributed by atoms with Crippen LogP contribution in [0.4, 0.5) is 0 Å². The Balaban J connectivity index is 2.18. The number of hydrogen-bond acceptors (Lipinski definition) is 4. The predicted molar refractivity (Wildman–Crippen MR) is 76.2 cm³/mol. The van der Waals surface area contributed by atoms with E-state index in [0.29, 0.717) is 0 Å². The van der Waals surface area contributed by atoms with Gasteiger partial charge in [-0.25, -0.2) is 4.98 Å². The second-order valence-electron chi connectivity index (χ2n) is 3.89. The molecule has 92 valence electrons. The number of aryl methyl sites for hydroxylation is 2. The lowest BCUT2D eigenvalue weighted by molar-refractivity contribution is 0.653. The standard InChI is InChI=1S/C12H16N2OS2/c1-3-16-6-4-5-14-8-13-10-9(2)7-17-11(10)12(14)15/h7-8H,3-6H2,1-2H3. The van der Waals surface area contributed by atoms with E-state index in [1.54, 1.807) is 10.9 Å². The molecule has 0 aromatic carbocycles. The van der Waals surface area contributed by atoms with Crippen LogP contribution in [0.1, 0.15) is 18.9 Å². The first kappa shape index (κ1) is 12.6. The molecule has 2 rings (SSSR count). The molecule has 0 amide bonds. The number of nitrogens with zero attached hydrogens (tertiary/aromatic N) is 2. The van der Waals surface area contributed by atoms with E-state index in [2.05, 4.69) is 11.9 Å². The molecule has 0 spiro atoms. The highest BCUT2D eigenvalue weighted by atomic mass is 32.2. The van der Waals surface area contributed by atoms with Crippen LogP contribution in [-0.4, -0.2) is 21.1 Å². The maximum Gasteiger partial charge on any atom is 0.271 e. The summed E-state index contributed by atoms with van der Waals surface area (Å²) in [5.41, 5.74) is 2.06. The minimum Gasteiger partial charge on any atom is -0.298 e. The Hall–Kier alpha value is -0.810. The lowest BCUT2D eigenvalue weighted by Gasteiger charge is -2.04. The second kappa shape index (κ2) is 5.69. The van der Waals surface area contributed by atoms with Crippen LogP contribution < -0.4 is 5.56 Å². The van der Waals surface area contributed by atoms with Crippen molar-refractivity contribution in [2.75, 3.05) is 11.5 Å². The fourth-order valence-electron chi connectivity index (χ4n) is 1.70. The molecule has 0 aliphatic heterocycles. The van der Waals surface area contributed by atoms with Gasteiger partial charge in [0.15, 0.2) is 0 Å². The Bertz CT molecular complexity index is 559. The fourth-order valence-corrected chi connectivity index (χ4v) is 3.27. The van der Waals surface area contributed by atoms with Crippen molar-refractivity contribution in [2.24, 2.45) is 0 Å². The molecule has 0 saturated heterocycles. The van der Waals surface area contributed by atoms with E-state index >= 15 is 0 Å². The van der Waals surface area contributed by atoms with Crippen molar-refractivity contribution in [3.63, 3.8) is 0 Å². The quantitative estimate of drug-likeness (QED) is 0.782. The van der Waals surface area contributed by atoms with Crippen LogP contribution in [0.15, 0.2) is 16.5 Å². The van der Waals surface area contributed by atoms with E-state index in [0.717, 1.165) is 40.3 Å². The number of thiophene rings is 1. The van der Waals surface area contributed by atoms with Gasteiger partial charge in [-0.3, -0.25) is 9.36 Å². The molecule has 0 aliphatic carbocycles. The topological polar surface area (TPSA) is 34.9 Å². The zero-order chi connectivity index (χ0) is 12.3. The molecule has 0 radical (unpaired) electrons. The third kappa shape index (κ3) is 2.72. The number of aromatic nitrogens is 2. The minimum absolute atomic E-state index is 0.106. The molecular formula is C12H16N2OS2. The molecule has 2 aromatic heterocycles. The van der Waals surface area contributed by atoms with Gasteiger partial charge < -0.3 is 0 Å². The normalized spacial score (nSPS) is 11.2. The van der Waals surface area contributed by atoms with Gasteiger partial charge in [-0.05, 0) is 35.8 Å². The first-order valence-corrected chi connectivity index (χ1v) is 7.78. The largest absolute Gasteiger partial charge is 0.298 e. The highest BCUT2D eigenvalue weighted by Gasteiger charge is 2.07. The van der Waals surface area contributed by atoms with Gasteiger partial charge in [0.25, 0.3) is 5.56 Å². The van der Waals surface area contributed by atoms with Gasteiger partial charge >= 0.3 is 0 Å². The summed E-state index contributed by atoms with van der Waals surface area (Å²) in [7, 11) is 0. The molecular weight excluding hydrogens is 252 g/mol. The monoisotopic (exact) mass is 268 g/mol. The summed E-state index contributed by atoms with van der Waals surface area (Å²) in [5, 5.41) is 2.00. The summed E-state index contributed by atoms with van der Waals surface area (Å²) in [5.74, 6) is 2.24. The fraction of sp³-hybridized carbons (Fsp3) is 0.500. The highest BCUT2D eigenvalue weighted by Crippen LogP contribution is 2.19. The Morgan fingerprint density at radius 1 is 1.53 bits per heavy atom. The van der Waals surface area contributed by atoms with Crippen LogP contribution in [0.5, 0.6) is 0 Å². The number of rotatable bonds is 5. The van der Waals surface area contributed by atoms with Crippen molar-refractivity contribution in [2.45, 2.75) is 26.8 Å². The average Bonchev–Trinajstić information content (AvgIpc) is 2.70. The number of hydrogen-bond donors (Lipinski definition) is 0. The first-order chi connectivity index (χ1) is 8.24. The average molecular weight is 268 g/mol. The third-order valence-electron chi connectivity index (χ3n) is 2.62. The van der Waals surface area contributed by atoms with Crippen molar-refractivity contribution in [3.8, 4) is 0 Å². The Labute approximate surface area is 109 Å². The third-order valence-corrected chi connectivity index (χ3v) is 4.68. The van der Waals surface area contributed by atoms with Crippen LogP contribution in [0.2, 0.25) is 0 Å². The summed E-state index contributed by atoms with van der Waals surface area (Å²) in [6, 6.07) is 0. The highest BCUT2D eigenvalue weighted by molar-refractivity contribution is 7.99. The Morgan fingerprint density at radius 2 is 2.35 bits per heavy atom. The van der Waals surface area contributed by atoms with Crippen LogP contribution in [-0.2, 0) is 6.54 Å². The lowest BCUT2D eigenvalue weighted by atomic mass is 10.3. The molecule has 2 heterocycles. The molecule has 0 N–H and O–H groups in total. The maximum absolute atomic E-state index is 12.1. The van der Waals surface area contributed by atoms with Gasteiger partial charge in [0.1, 0.15) is 4.70 Å². The summed E-state index contributed by atoms with van der Waals surface area (Å²) in [6.07, 6.45) is 2.71. The SMILES string of the molecule is CCSCCCn1cnc2c(C)csc2c1=O. The van der Waals surface area contributed by atoms with E-state index in [4.69, 9.17) is 0 Å². The molecule has 0 aliphatic rings. The zero-order valence-electron chi connectivity index (χ0n) is 10.1.